The summed E-state index contributed by atoms with van der Waals surface area (Å²) >= 11 is 0. The van der Waals surface area contributed by atoms with Gasteiger partial charge in [-0.3, -0.25) is 9.69 Å². The molecule has 2 aliphatic rings. The molecule has 0 atom stereocenters. The number of carbonyl (C=O) groups excluding carboxylic acids is 2. The van der Waals surface area contributed by atoms with E-state index in [1.54, 1.807) is 35.2 Å². The molecule has 0 aliphatic carbocycles. The van der Waals surface area contributed by atoms with E-state index in [1.165, 1.54) is 0 Å². The molecule has 0 spiro atoms. The number of anilines is 2. The van der Waals surface area contributed by atoms with Crippen molar-refractivity contribution in [2.45, 2.75) is 19.4 Å². The van der Waals surface area contributed by atoms with E-state index >= 15 is 0 Å². The molecule has 28 heavy (non-hydrogen) atoms. The molecule has 1 fully saturated rings. The second-order valence-corrected chi connectivity index (χ2v) is 6.73. The Morgan fingerprint density at radius 1 is 1.18 bits per heavy atom. The number of rotatable bonds is 3. The van der Waals surface area contributed by atoms with Gasteiger partial charge in [0.15, 0.2) is 0 Å². The summed E-state index contributed by atoms with van der Waals surface area (Å²) < 4.78 is 14.7. The lowest BCUT2D eigenvalue weighted by Gasteiger charge is -2.27. The first-order valence-electron chi connectivity index (χ1n) is 9.11. The maximum atomic E-state index is 14.7. The van der Waals surface area contributed by atoms with E-state index < -0.39 is 5.91 Å². The smallest absolute Gasteiger partial charge is 0.321 e. The van der Waals surface area contributed by atoms with Crippen molar-refractivity contribution in [3.05, 3.63) is 58.9 Å². The van der Waals surface area contributed by atoms with Crippen molar-refractivity contribution in [2.75, 3.05) is 29.9 Å². The number of hydrogen-bond acceptors (Lipinski definition) is 3. The Bertz CT molecular complexity index is 906. The molecule has 6 nitrogen and oxygen atoms in total. The average Bonchev–Trinajstić information content (AvgIpc) is 2.71. The van der Waals surface area contributed by atoms with E-state index in [0.717, 1.165) is 18.5 Å². The van der Waals surface area contributed by atoms with Crippen molar-refractivity contribution in [3.63, 3.8) is 0 Å². The predicted octanol–water partition coefficient (Wildman–Crippen LogP) is 3.07. The number of halogens is 2. The lowest BCUT2D eigenvalue weighted by Crippen LogP contribution is -2.46. The average molecular weight is 405 g/mol. The highest BCUT2D eigenvalue weighted by Crippen LogP contribution is 2.25. The van der Waals surface area contributed by atoms with Gasteiger partial charge in [0.05, 0.1) is 5.69 Å². The third-order valence-electron chi connectivity index (χ3n) is 4.96. The van der Waals surface area contributed by atoms with Crippen LogP contribution in [0.25, 0.3) is 0 Å². The fourth-order valence-electron chi connectivity index (χ4n) is 3.52. The number of nitrogens with zero attached hydrogens (tertiary/aromatic N) is 1. The van der Waals surface area contributed by atoms with Crippen LogP contribution in [0.5, 0.6) is 0 Å². The zero-order chi connectivity index (χ0) is 18.8. The molecular weight excluding hydrogens is 383 g/mol. The summed E-state index contributed by atoms with van der Waals surface area (Å²) in [5.41, 5.74) is 2.79. The standard InChI is InChI=1S/C20H21FN4O2.ClH/c21-18-16-7-9-22-12-14(16)5-6-17(18)24-19(26)13-3-1-4-15(11-13)25-10-2-8-23-20(25)27;/h1,3-6,11,22H,2,7-10,12H2,(H,23,27)(H,24,26);1H. The normalized spacial score (nSPS) is 15.9. The first kappa shape index (κ1) is 20.1. The zero-order valence-electron chi connectivity index (χ0n) is 15.3. The third-order valence-corrected chi connectivity index (χ3v) is 4.96. The molecular formula is C20H22ClFN4O2. The number of urea groups is 1. The van der Waals surface area contributed by atoms with Crippen LogP contribution in [0.2, 0.25) is 0 Å². The minimum absolute atomic E-state index is 0. The molecule has 148 valence electrons. The first-order chi connectivity index (χ1) is 13.1. The van der Waals surface area contributed by atoms with Crippen LogP contribution < -0.4 is 20.9 Å². The molecule has 8 heteroatoms. The van der Waals surface area contributed by atoms with Gasteiger partial charge < -0.3 is 16.0 Å². The third kappa shape index (κ3) is 3.95. The van der Waals surface area contributed by atoms with Gasteiger partial charge in [0.1, 0.15) is 5.82 Å². The zero-order valence-corrected chi connectivity index (χ0v) is 16.1. The fraction of sp³-hybridized carbons (Fsp3) is 0.300. The monoisotopic (exact) mass is 404 g/mol. The maximum Gasteiger partial charge on any atom is 0.321 e. The topological polar surface area (TPSA) is 73.5 Å². The molecule has 3 amide bonds. The number of benzene rings is 2. The van der Waals surface area contributed by atoms with Gasteiger partial charge in [0, 0.05) is 30.9 Å². The Morgan fingerprint density at radius 2 is 2.04 bits per heavy atom. The van der Waals surface area contributed by atoms with Crippen LogP contribution in [0.4, 0.5) is 20.6 Å². The summed E-state index contributed by atoms with van der Waals surface area (Å²) in [4.78, 5) is 26.3. The van der Waals surface area contributed by atoms with Crippen LogP contribution in [0.1, 0.15) is 27.9 Å². The highest BCUT2D eigenvalue weighted by atomic mass is 35.5. The van der Waals surface area contributed by atoms with E-state index in [2.05, 4.69) is 16.0 Å². The van der Waals surface area contributed by atoms with Crippen molar-refractivity contribution in [2.24, 2.45) is 0 Å². The van der Waals surface area contributed by atoms with Crippen molar-refractivity contribution >= 4 is 35.7 Å². The van der Waals surface area contributed by atoms with Crippen LogP contribution in [-0.4, -0.2) is 31.6 Å². The van der Waals surface area contributed by atoms with E-state index in [1.807, 2.05) is 6.07 Å². The van der Waals surface area contributed by atoms with E-state index in [4.69, 9.17) is 0 Å². The molecule has 3 N–H and O–H groups in total. The van der Waals surface area contributed by atoms with Gasteiger partial charge in [-0.15, -0.1) is 12.4 Å². The van der Waals surface area contributed by atoms with Gasteiger partial charge in [-0.05, 0) is 54.8 Å². The Labute approximate surface area is 168 Å². The summed E-state index contributed by atoms with van der Waals surface area (Å²) in [7, 11) is 0. The molecule has 2 aromatic rings. The summed E-state index contributed by atoms with van der Waals surface area (Å²) in [5.74, 6) is -0.768. The number of fused-ring (bicyclic) bond motifs is 1. The molecule has 1 saturated heterocycles. The highest BCUT2D eigenvalue weighted by molar-refractivity contribution is 6.05. The molecule has 2 aromatic carbocycles. The Morgan fingerprint density at radius 3 is 2.86 bits per heavy atom. The lowest BCUT2D eigenvalue weighted by molar-refractivity contribution is 0.102. The number of hydrogen-bond donors (Lipinski definition) is 3. The molecule has 0 unspecified atom stereocenters. The van der Waals surface area contributed by atoms with Crippen molar-refractivity contribution < 1.29 is 14.0 Å². The SMILES string of the molecule is Cl.O=C(Nc1ccc2c(c1F)CCNC2)c1cccc(N2CCCNC2=O)c1. The largest absolute Gasteiger partial charge is 0.338 e. The van der Waals surface area contributed by atoms with Crippen LogP contribution in [0, 0.1) is 5.82 Å². The quantitative estimate of drug-likeness (QED) is 0.736. The van der Waals surface area contributed by atoms with E-state index in [0.29, 0.717) is 42.9 Å². The minimum Gasteiger partial charge on any atom is -0.338 e. The van der Waals surface area contributed by atoms with E-state index in [9.17, 15) is 14.0 Å². The molecule has 0 saturated carbocycles. The van der Waals surface area contributed by atoms with Gasteiger partial charge in [-0.25, -0.2) is 9.18 Å². The number of nitrogens with one attached hydrogen (secondary N) is 3. The lowest BCUT2D eigenvalue weighted by atomic mass is 9.99. The summed E-state index contributed by atoms with van der Waals surface area (Å²) in [6, 6.07) is 10.1. The molecule has 0 radical (unpaired) electrons. The molecule has 0 aromatic heterocycles. The van der Waals surface area contributed by atoms with Gasteiger partial charge >= 0.3 is 6.03 Å². The second kappa shape index (κ2) is 8.58. The maximum absolute atomic E-state index is 14.7. The Balaban J connectivity index is 0.00000225. The number of carbonyl (C=O) groups is 2. The molecule has 2 aliphatic heterocycles. The Kier molecular flexibility index (Phi) is 6.16. The van der Waals surface area contributed by atoms with Crippen molar-refractivity contribution in [3.8, 4) is 0 Å². The van der Waals surface area contributed by atoms with Crippen LogP contribution in [-0.2, 0) is 13.0 Å². The van der Waals surface area contributed by atoms with Crippen LogP contribution in [0.15, 0.2) is 36.4 Å². The highest BCUT2D eigenvalue weighted by Gasteiger charge is 2.21. The van der Waals surface area contributed by atoms with Gasteiger partial charge in [-0.2, -0.15) is 0 Å². The molecule has 0 bridgehead atoms. The predicted molar refractivity (Wildman–Crippen MR) is 109 cm³/mol. The van der Waals surface area contributed by atoms with E-state index in [-0.39, 0.29) is 29.9 Å². The minimum atomic E-state index is -0.401. The Hall–Kier alpha value is -2.64. The molecule has 4 rings (SSSR count). The van der Waals surface area contributed by atoms with Gasteiger partial charge in [-0.1, -0.05) is 12.1 Å². The van der Waals surface area contributed by atoms with Crippen LogP contribution >= 0.6 is 12.4 Å². The number of amides is 3. The second-order valence-electron chi connectivity index (χ2n) is 6.73. The summed E-state index contributed by atoms with van der Waals surface area (Å²) in [6.07, 6.45) is 1.45. The fourth-order valence-corrected chi connectivity index (χ4v) is 3.52. The summed E-state index contributed by atoms with van der Waals surface area (Å²) in [6.45, 7) is 2.62. The summed E-state index contributed by atoms with van der Waals surface area (Å²) in [5, 5.41) is 8.66. The molecule has 2 heterocycles. The van der Waals surface area contributed by atoms with Crippen molar-refractivity contribution in [1.29, 1.82) is 0 Å². The first-order valence-corrected chi connectivity index (χ1v) is 9.11. The van der Waals surface area contributed by atoms with Gasteiger partial charge in [0.2, 0.25) is 0 Å². The van der Waals surface area contributed by atoms with Gasteiger partial charge in [0.25, 0.3) is 5.91 Å². The van der Waals surface area contributed by atoms with Crippen LogP contribution in [0.3, 0.4) is 0 Å². The van der Waals surface area contributed by atoms with Crippen molar-refractivity contribution in [1.82, 2.24) is 10.6 Å².